The van der Waals surface area contributed by atoms with Gasteiger partial charge >= 0.3 is 6.03 Å². The van der Waals surface area contributed by atoms with Gasteiger partial charge in [0, 0.05) is 26.2 Å². The Morgan fingerprint density at radius 2 is 1.92 bits per heavy atom. The van der Waals surface area contributed by atoms with E-state index in [9.17, 15) is 9.18 Å². The van der Waals surface area contributed by atoms with Crippen LogP contribution in [0.5, 0.6) is 0 Å². The molecule has 1 aliphatic heterocycles. The number of nitrogens with zero attached hydrogens (tertiary/aromatic N) is 1. The van der Waals surface area contributed by atoms with E-state index < -0.39 is 11.8 Å². The van der Waals surface area contributed by atoms with Crippen molar-refractivity contribution in [2.75, 3.05) is 31.6 Å². The van der Waals surface area contributed by atoms with Crippen LogP contribution in [0, 0.1) is 5.82 Å². The lowest BCUT2D eigenvalue weighted by molar-refractivity contribution is -0.0285. The van der Waals surface area contributed by atoms with E-state index in [1.165, 1.54) is 17.7 Å². The summed E-state index contributed by atoms with van der Waals surface area (Å²) >= 11 is 0. The molecule has 0 aliphatic carbocycles. The number of rotatable bonds is 5. The number of carbonyl (C=O) groups is 1. The minimum absolute atomic E-state index is 0.0798. The number of amides is 2. The highest BCUT2D eigenvalue weighted by atomic mass is 19.1. The molecule has 132 valence electrons. The van der Waals surface area contributed by atoms with Crippen molar-refractivity contribution in [1.29, 1.82) is 0 Å². The second-order valence-electron chi connectivity index (χ2n) is 6.03. The van der Waals surface area contributed by atoms with E-state index in [4.69, 9.17) is 4.74 Å². The van der Waals surface area contributed by atoms with Crippen LogP contribution >= 0.6 is 0 Å². The average molecular weight is 343 g/mol. The zero-order valence-electron chi connectivity index (χ0n) is 14.0. The molecule has 2 amide bonds. The maximum Gasteiger partial charge on any atom is 0.319 e. The first kappa shape index (κ1) is 17.4. The SMILES string of the molecule is O=C(NCC1CN(Cc2ccccc2)CCO1)Nc1ccccc1F. The summed E-state index contributed by atoms with van der Waals surface area (Å²) in [6, 6.07) is 15.9. The van der Waals surface area contributed by atoms with Crippen LogP contribution in [0.2, 0.25) is 0 Å². The van der Waals surface area contributed by atoms with Gasteiger partial charge in [-0.1, -0.05) is 42.5 Å². The van der Waals surface area contributed by atoms with Gasteiger partial charge in [0.1, 0.15) is 5.82 Å². The summed E-state index contributed by atoms with van der Waals surface area (Å²) in [7, 11) is 0. The molecule has 1 unspecified atom stereocenters. The highest BCUT2D eigenvalue weighted by Gasteiger charge is 2.21. The van der Waals surface area contributed by atoms with Crippen molar-refractivity contribution in [1.82, 2.24) is 10.2 Å². The molecule has 5 nitrogen and oxygen atoms in total. The van der Waals surface area contributed by atoms with Crippen molar-refractivity contribution < 1.29 is 13.9 Å². The van der Waals surface area contributed by atoms with Crippen LogP contribution in [0.3, 0.4) is 0 Å². The summed E-state index contributed by atoms with van der Waals surface area (Å²) in [6.45, 7) is 3.49. The second kappa shape index (κ2) is 8.60. The molecular weight excluding hydrogens is 321 g/mol. The lowest BCUT2D eigenvalue weighted by Gasteiger charge is -2.33. The highest BCUT2D eigenvalue weighted by Crippen LogP contribution is 2.12. The molecule has 2 N–H and O–H groups in total. The molecule has 1 atom stereocenters. The number of anilines is 1. The van der Waals surface area contributed by atoms with E-state index in [0.717, 1.165) is 19.6 Å². The summed E-state index contributed by atoms with van der Waals surface area (Å²) in [4.78, 5) is 14.2. The topological polar surface area (TPSA) is 53.6 Å². The van der Waals surface area contributed by atoms with Crippen molar-refractivity contribution in [3.8, 4) is 0 Å². The Hall–Kier alpha value is -2.44. The Morgan fingerprint density at radius 1 is 1.16 bits per heavy atom. The van der Waals surface area contributed by atoms with Crippen LogP contribution in [-0.4, -0.2) is 43.3 Å². The molecule has 25 heavy (non-hydrogen) atoms. The fourth-order valence-corrected chi connectivity index (χ4v) is 2.82. The number of urea groups is 1. The fourth-order valence-electron chi connectivity index (χ4n) is 2.82. The quantitative estimate of drug-likeness (QED) is 0.878. The van der Waals surface area contributed by atoms with Crippen LogP contribution in [0.15, 0.2) is 54.6 Å². The average Bonchev–Trinajstić information content (AvgIpc) is 2.63. The van der Waals surface area contributed by atoms with E-state index in [2.05, 4.69) is 27.7 Å². The molecular formula is C19H22FN3O2. The van der Waals surface area contributed by atoms with E-state index >= 15 is 0 Å². The molecule has 0 aromatic heterocycles. The predicted octanol–water partition coefficient (Wildman–Crippen LogP) is 2.85. The lowest BCUT2D eigenvalue weighted by Crippen LogP contribution is -2.47. The maximum atomic E-state index is 13.5. The molecule has 0 saturated carbocycles. The van der Waals surface area contributed by atoms with Crippen LogP contribution in [0.25, 0.3) is 0 Å². The van der Waals surface area contributed by atoms with Gasteiger partial charge in [0.2, 0.25) is 0 Å². The minimum atomic E-state index is -0.458. The molecule has 3 rings (SSSR count). The number of para-hydroxylation sites is 1. The Labute approximate surface area is 146 Å². The van der Waals surface area contributed by atoms with Gasteiger partial charge < -0.3 is 15.4 Å². The summed E-state index contributed by atoms with van der Waals surface area (Å²) in [5.41, 5.74) is 1.42. The molecule has 0 bridgehead atoms. The first-order chi connectivity index (χ1) is 12.2. The van der Waals surface area contributed by atoms with Gasteiger partial charge in [-0.2, -0.15) is 0 Å². The van der Waals surface area contributed by atoms with Crippen molar-refractivity contribution in [3.05, 3.63) is 66.0 Å². The van der Waals surface area contributed by atoms with Gasteiger partial charge in [0.25, 0.3) is 0 Å². The zero-order chi connectivity index (χ0) is 17.5. The number of ether oxygens (including phenoxy) is 1. The lowest BCUT2D eigenvalue weighted by atomic mass is 10.2. The maximum absolute atomic E-state index is 13.5. The Kier molecular flexibility index (Phi) is 5.98. The molecule has 2 aromatic carbocycles. The van der Waals surface area contributed by atoms with Gasteiger partial charge in [-0.05, 0) is 17.7 Å². The fraction of sp³-hybridized carbons (Fsp3) is 0.316. The van der Waals surface area contributed by atoms with Crippen LogP contribution < -0.4 is 10.6 Å². The third-order valence-electron chi connectivity index (χ3n) is 4.08. The Bertz CT molecular complexity index is 696. The number of halogens is 1. The summed E-state index contributed by atoms with van der Waals surface area (Å²) in [5, 5.41) is 5.25. The molecule has 2 aromatic rings. The zero-order valence-corrected chi connectivity index (χ0v) is 14.0. The van der Waals surface area contributed by atoms with Gasteiger partial charge in [0.15, 0.2) is 0 Å². The van der Waals surface area contributed by atoms with E-state index in [-0.39, 0.29) is 11.8 Å². The highest BCUT2D eigenvalue weighted by molar-refractivity contribution is 5.89. The van der Waals surface area contributed by atoms with Gasteiger partial charge in [-0.3, -0.25) is 4.90 Å². The number of nitrogens with one attached hydrogen (secondary N) is 2. The van der Waals surface area contributed by atoms with E-state index in [0.29, 0.717) is 13.2 Å². The molecule has 0 radical (unpaired) electrons. The summed E-state index contributed by atoms with van der Waals surface area (Å²) in [5.74, 6) is -0.458. The number of carbonyl (C=O) groups excluding carboxylic acids is 1. The van der Waals surface area contributed by atoms with Gasteiger partial charge in [-0.25, -0.2) is 9.18 Å². The smallest absolute Gasteiger partial charge is 0.319 e. The van der Waals surface area contributed by atoms with E-state index in [1.54, 1.807) is 12.1 Å². The largest absolute Gasteiger partial charge is 0.374 e. The number of hydrogen-bond acceptors (Lipinski definition) is 3. The summed E-state index contributed by atoms with van der Waals surface area (Å²) < 4.78 is 19.2. The van der Waals surface area contributed by atoms with Gasteiger partial charge in [-0.15, -0.1) is 0 Å². The predicted molar refractivity (Wildman–Crippen MR) is 94.9 cm³/mol. The van der Waals surface area contributed by atoms with Crippen molar-refractivity contribution >= 4 is 11.7 Å². The standard InChI is InChI=1S/C19H22FN3O2/c20-17-8-4-5-9-18(17)22-19(24)21-12-16-14-23(10-11-25-16)13-15-6-2-1-3-7-15/h1-9,16H,10-14H2,(H2,21,22,24). The molecule has 6 heteroatoms. The van der Waals surface area contributed by atoms with Crippen molar-refractivity contribution in [2.45, 2.75) is 12.6 Å². The monoisotopic (exact) mass is 343 g/mol. The second-order valence-corrected chi connectivity index (χ2v) is 6.03. The third-order valence-corrected chi connectivity index (χ3v) is 4.08. The molecule has 1 aliphatic rings. The van der Waals surface area contributed by atoms with Crippen molar-refractivity contribution in [2.24, 2.45) is 0 Å². The summed E-state index contributed by atoms with van der Waals surface area (Å²) in [6.07, 6.45) is -0.0798. The van der Waals surface area contributed by atoms with Crippen LogP contribution in [0.1, 0.15) is 5.56 Å². The first-order valence-electron chi connectivity index (χ1n) is 8.38. The normalized spacial score (nSPS) is 17.9. The molecule has 1 fully saturated rings. The van der Waals surface area contributed by atoms with Crippen LogP contribution in [-0.2, 0) is 11.3 Å². The minimum Gasteiger partial charge on any atom is -0.374 e. The Balaban J connectivity index is 1.45. The van der Waals surface area contributed by atoms with Crippen LogP contribution in [0.4, 0.5) is 14.9 Å². The molecule has 1 saturated heterocycles. The third kappa shape index (κ3) is 5.27. The number of morpholine rings is 1. The Morgan fingerprint density at radius 3 is 2.72 bits per heavy atom. The van der Waals surface area contributed by atoms with Crippen molar-refractivity contribution in [3.63, 3.8) is 0 Å². The number of hydrogen-bond donors (Lipinski definition) is 2. The van der Waals surface area contributed by atoms with Gasteiger partial charge in [0.05, 0.1) is 18.4 Å². The van der Waals surface area contributed by atoms with E-state index in [1.807, 2.05) is 18.2 Å². The first-order valence-corrected chi connectivity index (χ1v) is 8.38. The molecule has 0 spiro atoms. The molecule has 1 heterocycles. The number of benzene rings is 2.